The highest BCUT2D eigenvalue weighted by Crippen LogP contribution is 2.32. The first-order chi connectivity index (χ1) is 8.49. The molecule has 0 saturated carbocycles. The van der Waals surface area contributed by atoms with Crippen LogP contribution in [0.2, 0.25) is 0 Å². The van der Waals surface area contributed by atoms with Crippen LogP contribution in [0.3, 0.4) is 0 Å². The van der Waals surface area contributed by atoms with Crippen molar-refractivity contribution in [2.75, 3.05) is 6.61 Å². The first-order valence-electron chi connectivity index (χ1n) is 6.38. The van der Waals surface area contributed by atoms with Crippen molar-refractivity contribution >= 4 is 5.91 Å². The van der Waals surface area contributed by atoms with Gasteiger partial charge in [-0.2, -0.15) is 5.10 Å². The molecule has 1 N–H and O–H groups in total. The molecule has 0 bridgehead atoms. The molecule has 0 radical (unpaired) electrons. The molecule has 0 unspecified atom stereocenters. The van der Waals surface area contributed by atoms with Gasteiger partial charge in [0, 0.05) is 37.9 Å². The number of ether oxygens (including phenoxy) is 1. The lowest BCUT2D eigenvalue weighted by atomic mass is 9.96. The minimum absolute atomic E-state index is 0.0280. The standard InChI is InChI=1S/C13H21N3O2/c1-8-13(9(2)16(4)15-8)12-7-11(5-6-18-12)14-10(3)17/h11-12H,5-7H2,1-4H3,(H,14,17)/t11-,12+/m1/s1. The normalized spacial score (nSPS) is 24.0. The molecular formula is C13H21N3O2. The number of carbonyl (C=O) groups is 1. The van der Waals surface area contributed by atoms with Crippen molar-refractivity contribution in [3.05, 3.63) is 17.0 Å². The zero-order chi connectivity index (χ0) is 13.3. The van der Waals surface area contributed by atoms with E-state index in [0.717, 1.165) is 24.2 Å². The number of hydrogen-bond donors (Lipinski definition) is 1. The summed E-state index contributed by atoms with van der Waals surface area (Å²) in [7, 11) is 1.94. The predicted molar refractivity (Wildman–Crippen MR) is 68.2 cm³/mol. The lowest BCUT2D eigenvalue weighted by Gasteiger charge is -2.30. The van der Waals surface area contributed by atoms with Gasteiger partial charge in [-0.05, 0) is 26.7 Å². The highest BCUT2D eigenvalue weighted by molar-refractivity contribution is 5.73. The largest absolute Gasteiger partial charge is 0.373 e. The second kappa shape index (κ2) is 5.10. The van der Waals surface area contributed by atoms with Gasteiger partial charge in [-0.15, -0.1) is 0 Å². The van der Waals surface area contributed by atoms with E-state index in [2.05, 4.69) is 17.3 Å². The summed E-state index contributed by atoms with van der Waals surface area (Å²) in [5, 5.41) is 7.40. The van der Waals surface area contributed by atoms with E-state index in [1.54, 1.807) is 6.92 Å². The SMILES string of the molecule is CC(=O)N[C@@H]1CCO[C@H](c2c(C)nn(C)c2C)C1. The summed E-state index contributed by atoms with van der Waals surface area (Å²) >= 11 is 0. The van der Waals surface area contributed by atoms with Gasteiger partial charge in [-0.1, -0.05) is 0 Å². The average molecular weight is 251 g/mol. The Morgan fingerprint density at radius 2 is 2.22 bits per heavy atom. The van der Waals surface area contributed by atoms with Gasteiger partial charge in [0.1, 0.15) is 0 Å². The number of rotatable bonds is 2. The van der Waals surface area contributed by atoms with Gasteiger partial charge in [0.2, 0.25) is 5.91 Å². The van der Waals surface area contributed by atoms with Gasteiger partial charge < -0.3 is 10.1 Å². The molecule has 2 atom stereocenters. The molecule has 2 rings (SSSR count). The van der Waals surface area contributed by atoms with E-state index in [-0.39, 0.29) is 18.1 Å². The van der Waals surface area contributed by atoms with Crippen LogP contribution in [0.1, 0.15) is 42.8 Å². The van der Waals surface area contributed by atoms with Gasteiger partial charge in [0.15, 0.2) is 0 Å². The average Bonchev–Trinajstić information content (AvgIpc) is 2.52. The van der Waals surface area contributed by atoms with Crippen LogP contribution >= 0.6 is 0 Å². The summed E-state index contributed by atoms with van der Waals surface area (Å²) < 4.78 is 7.73. The van der Waals surface area contributed by atoms with Crippen LogP contribution in [0.25, 0.3) is 0 Å². The molecule has 18 heavy (non-hydrogen) atoms. The Morgan fingerprint density at radius 1 is 1.50 bits per heavy atom. The molecular weight excluding hydrogens is 230 g/mol. The summed E-state index contributed by atoms with van der Waals surface area (Å²) in [4.78, 5) is 11.1. The summed E-state index contributed by atoms with van der Waals surface area (Å²) in [5.41, 5.74) is 3.33. The highest BCUT2D eigenvalue weighted by atomic mass is 16.5. The van der Waals surface area contributed by atoms with Crippen molar-refractivity contribution in [1.82, 2.24) is 15.1 Å². The number of nitrogens with zero attached hydrogens (tertiary/aromatic N) is 2. The van der Waals surface area contributed by atoms with Crippen LogP contribution in [-0.4, -0.2) is 28.3 Å². The lowest BCUT2D eigenvalue weighted by Crippen LogP contribution is -2.38. The molecule has 5 nitrogen and oxygen atoms in total. The molecule has 0 spiro atoms. The molecule has 100 valence electrons. The summed E-state index contributed by atoms with van der Waals surface area (Å²) in [6, 6.07) is 0.209. The first-order valence-corrected chi connectivity index (χ1v) is 6.38. The third kappa shape index (κ3) is 2.56. The third-order valence-electron chi connectivity index (χ3n) is 3.58. The number of amides is 1. The van der Waals surface area contributed by atoms with Gasteiger partial charge >= 0.3 is 0 Å². The van der Waals surface area contributed by atoms with Crippen molar-refractivity contribution in [1.29, 1.82) is 0 Å². The van der Waals surface area contributed by atoms with E-state index in [4.69, 9.17) is 4.74 Å². The van der Waals surface area contributed by atoms with Gasteiger partial charge in [-0.3, -0.25) is 9.48 Å². The highest BCUT2D eigenvalue weighted by Gasteiger charge is 2.28. The van der Waals surface area contributed by atoms with Crippen molar-refractivity contribution in [2.24, 2.45) is 7.05 Å². The maximum absolute atomic E-state index is 11.1. The number of carbonyl (C=O) groups excluding carboxylic acids is 1. The van der Waals surface area contributed by atoms with Crippen LogP contribution in [0.4, 0.5) is 0 Å². The quantitative estimate of drug-likeness (QED) is 0.864. The van der Waals surface area contributed by atoms with Crippen LogP contribution in [-0.2, 0) is 16.6 Å². The molecule has 1 amide bonds. The molecule has 0 aromatic carbocycles. The van der Waals surface area contributed by atoms with E-state index >= 15 is 0 Å². The Hall–Kier alpha value is -1.36. The molecule has 1 fully saturated rings. The Bertz CT molecular complexity index is 453. The second-order valence-electron chi connectivity index (χ2n) is 4.99. The predicted octanol–water partition coefficient (Wildman–Crippen LogP) is 1.39. The fourth-order valence-electron chi connectivity index (χ4n) is 2.67. The van der Waals surface area contributed by atoms with E-state index in [0.29, 0.717) is 6.61 Å². The smallest absolute Gasteiger partial charge is 0.217 e. The fourth-order valence-corrected chi connectivity index (χ4v) is 2.67. The maximum Gasteiger partial charge on any atom is 0.217 e. The van der Waals surface area contributed by atoms with Crippen LogP contribution < -0.4 is 5.32 Å². The minimum atomic E-state index is 0.0280. The molecule has 1 aromatic heterocycles. The molecule has 0 aliphatic carbocycles. The molecule has 1 aliphatic rings. The molecule has 5 heteroatoms. The van der Waals surface area contributed by atoms with Gasteiger partial charge in [0.25, 0.3) is 0 Å². The molecule has 2 heterocycles. The molecule has 1 saturated heterocycles. The number of aryl methyl sites for hydroxylation is 2. The zero-order valence-electron chi connectivity index (χ0n) is 11.5. The second-order valence-corrected chi connectivity index (χ2v) is 4.99. The van der Waals surface area contributed by atoms with Crippen molar-refractivity contribution in [3.63, 3.8) is 0 Å². The maximum atomic E-state index is 11.1. The summed E-state index contributed by atoms with van der Waals surface area (Å²) in [6.07, 6.45) is 1.76. The van der Waals surface area contributed by atoms with E-state index < -0.39 is 0 Å². The van der Waals surface area contributed by atoms with E-state index in [1.807, 2.05) is 18.7 Å². The van der Waals surface area contributed by atoms with Crippen LogP contribution in [0.5, 0.6) is 0 Å². The Labute approximate surface area is 108 Å². The topological polar surface area (TPSA) is 56.1 Å². The van der Waals surface area contributed by atoms with Gasteiger partial charge in [0.05, 0.1) is 11.8 Å². The lowest BCUT2D eigenvalue weighted by molar-refractivity contribution is -0.120. The van der Waals surface area contributed by atoms with Crippen molar-refractivity contribution < 1.29 is 9.53 Å². The van der Waals surface area contributed by atoms with E-state index in [9.17, 15) is 4.79 Å². The molecule has 1 aliphatic heterocycles. The van der Waals surface area contributed by atoms with E-state index in [1.165, 1.54) is 5.56 Å². The van der Waals surface area contributed by atoms with Crippen molar-refractivity contribution in [3.8, 4) is 0 Å². The Kier molecular flexibility index (Phi) is 3.71. The Morgan fingerprint density at radius 3 is 2.78 bits per heavy atom. The first kappa shape index (κ1) is 13.1. The third-order valence-corrected chi connectivity index (χ3v) is 3.58. The summed E-state index contributed by atoms with van der Waals surface area (Å²) in [5.74, 6) is 0.0280. The van der Waals surface area contributed by atoms with Crippen LogP contribution in [0, 0.1) is 13.8 Å². The number of hydrogen-bond acceptors (Lipinski definition) is 3. The number of nitrogens with one attached hydrogen (secondary N) is 1. The zero-order valence-corrected chi connectivity index (χ0v) is 11.5. The monoisotopic (exact) mass is 251 g/mol. The van der Waals surface area contributed by atoms with Gasteiger partial charge in [-0.25, -0.2) is 0 Å². The van der Waals surface area contributed by atoms with Crippen molar-refractivity contribution in [2.45, 2.75) is 45.8 Å². The summed E-state index contributed by atoms with van der Waals surface area (Å²) in [6.45, 7) is 6.31. The fraction of sp³-hybridized carbons (Fsp3) is 0.692. The minimum Gasteiger partial charge on any atom is -0.373 e. The van der Waals surface area contributed by atoms with Crippen LogP contribution in [0.15, 0.2) is 0 Å². The number of aromatic nitrogens is 2. The molecule has 1 aromatic rings. The Balaban J connectivity index is 2.15.